The predicted octanol–water partition coefficient (Wildman–Crippen LogP) is 5.95. The summed E-state index contributed by atoms with van der Waals surface area (Å²) in [7, 11) is 1.36. The third kappa shape index (κ3) is 5.39. The molecule has 0 radical (unpaired) electrons. The zero-order valence-corrected chi connectivity index (χ0v) is 22.0. The van der Waals surface area contributed by atoms with Crippen LogP contribution < -0.4 is 10.5 Å². The number of rotatable bonds is 8. The summed E-state index contributed by atoms with van der Waals surface area (Å²) < 4.78 is 59.7. The Kier molecular flexibility index (Phi) is 7.81. The average Bonchev–Trinajstić information content (AvgIpc) is 3.19. The maximum atomic E-state index is 14.5. The Bertz CT molecular complexity index is 1560. The quantitative estimate of drug-likeness (QED) is 0.267. The fourth-order valence-corrected chi connectivity index (χ4v) is 4.74. The van der Waals surface area contributed by atoms with Gasteiger partial charge in [-0.25, -0.2) is 9.59 Å². The molecule has 0 spiro atoms. The van der Waals surface area contributed by atoms with Crippen LogP contribution in [0.25, 0.3) is 22.2 Å². The Morgan fingerprint density at radius 2 is 1.74 bits per heavy atom. The molecule has 0 bridgehead atoms. The minimum Gasteiger partial charge on any atom is -0.482 e. The topological polar surface area (TPSA) is 90.9 Å². The van der Waals surface area contributed by atoms with E-state index in [1.54, 1.807) is 37.3 Å². The molecule has 1 heterocycles. The molecule has 206 valence electrons. The number of halogens is 4. The van der Waals surface area contributed by atoms with Gasteiger partial charge in [-0.2, -0.15) is 13.2 Å². The summed E-state index contributed by atoms with van der Waals surface area (Å²) >= 11 is 6.47. The Hall–Kier alpha value is -3.76. The van der Waals surface area contributed by atoms with Gasteiger partial charge >= 0.3 is 17.9 Å². The number of alkyl halides is 3. The van der Waals surface area contributed by atoms with E-state index >= 15 is 0 Å². The molecule has 1 N–H and O–H groups in total. The second kappa shape index (κ2) is 10.8. The number of carbonyl (C=O) groups is 1. The van der Waals surface area contributed by atoms with Gasteiger partial charge in [0.2, 0.25) is 0 Å². The molecule has 4 rings (SSSR count). The van der Waals surface area contributed by atoms with E-state index in [1.807, 2.05) is 0 Å². The second-order valence-electron chi connectivity index (χ2n) is 8.95. The highest BCUT2D eigenvalue weighted by Gasteiger charge is 2.59. The summed E-state index contributed by atoms with van der Waals surface area (Å²) in [5.41, 5.74) is -2.15. The normalized spacial score (nSPS) is 14.2. The zero-order chi connectivity index (χ0) is 28.5. The van der Waals surface area contributed by atoms with Crippen LogP contribution in [0.3, 0.4) is 0 Å². The summed E-state index contributed by atoms with van der Waals surface area (Å²) in [6, 6.07) is 14.7. The largest absolute Gasteiger partial charge is 0.482 e. The minimum absolute atomic E-state index is 0.0297. The molecule has 0 aliphatic carbocycles. The number of aromatic nitrogens is 1. The van der Waals surface area contributed by atoms with Crippen molar-refractivity contribution in [1.82, 2.24) is 4.57 Å². The van der Waals surface area contributed by atoms with Crippen molar-refractivity contribution in [3.63, 3.8) is 0 Å². The number of carbonyl (C=O) groups excluding carboxylic acids is 1. The zero-order valence-electron chi connectivity index (χ0n) is 21.2. The van der Waals surface area contributed by atoms with E-state index in [0.717, 1.165) is 16.7 Å². The Balaban J connectivity index is 1.64. The number of fused-ring (bicyclic) bond motifs is 1. The molecule has 11 heteroatoms. The molecule has 0 fully saturated rings. The van der Waals surface area contributed by atoms with Crippen LogP contribution in [-0.4, -0.2) is 35.0 Å². The highest BCUT2D eigenvalue weighted by Crippen LogP contribution is 2.50. The monoisotopic (exact) mass is 563 g/mol. The van der Waals surface area contributed by atoms with E-state index in [9.17, 15) is 27.9 Å². The molecule has 2 atom stereocenters. The van der Waals surface area contributed by atoms with Crippen LogP contribution in [0.5, 0.6) is 5.75 Å². The first-order valence-electron chi connectivity index (χ1n) is 11.9. The lowest BCUT2D eigenvalue weighted by molar-refractivity contribution is -0.274. The lowest BCUT2D eigenvalue weighted by Crippen LogP contribution is -2.46. The van der Waals surface area contributed by atoms with Crippen molar-refractivity contribution in [2.24, 2.45) is 7.05 Å². The van der Waals surface area contributed by atoms with Crippen molar-refractivity contribution in [1.29, 1.82) is 0 Å². The van der Waals surface area contributed by atoms with Gasteiger partial charge in [-0.1, -0.05) is 48.9 Å². The van der Waals surface area contributed by atoms with Gasteiger partial charge in [0.1, 0.15) is 5.75 Å². The fraction of sp³-hybridized carbons (Fsp3) is 0.286. The van der Waals surface area contributed by atoms with Gasteiger partial charge in [0, 0.05) is 18.0 Å². The first kappa shape index (κ1) is 28.3. The van der Waals surface area contributed by atoms with Crippen LogP contribution >= 0.6 is 11.6 Å². The molecule has 0 aliphatic heterocycles. The van der Waals surface area contributed by atoms with Crippen LogP contribution in [-0.2, 0) is 22.2 Å². The minimum atomic E-state index is -5.08. The number of ether oxygens (including phenoxy) is 2. The van der Waals surface area contributed by atoms with Gasteiger partial charge in [-0.15, -0.1) is 0 Å². The van der Waals surface area contributed by atoms with E-state index in [-0.39, 0.29) is 34.9 Å². The maximum Gasteiger partial charge on any atom is 0.422 e. The molecule has 1 aromatic heterocycles. The van der Waals surface area contributed by atoms with Crippen molar-refractivity contribution in [3.05, 3.63) is 87.4 Å². The molecule has 39 heavy (non-hydrogen) atoms. The van der Waals surface area contributed by atoms with Gasteiger partial charge in [0.15, 0.2) is 17.8 Å². The first-order chi connectivity index (χ1) is 18.4. The third-order valence-corrected chi connectivity index (χ3v) is 6.93. The second-order valence-corrected chi connectivity index (χ2v) is 9.36. The molecular weight excluding hydrogens is 539 g/mol. The fourth-order valence-electron chi connectivity index (χ4n) is 4.39. The van der Waals surface area contributed by atoms with Crippen molar-refractivity contribution in [2.45, 2.75) is 31.5 Å². The summed E-state index contributed by atoms with van der Waals surface area (Å²) in [6.07, 6.45) is -5.08. The van der Waals surface area contributed by atoms with Crippen LogP contribution in [0.4, 0.5) is 13.2 Å². The summed E-state index contributed by atoms with van der Waals surface area (Å²) in [5.74, 6) is -2.31. The van der Waals surface area contributed by atoms with Crippen LogP contribution in [0.1, 0.15) is 30.9 Å². The number of aryl methyl sites for hydroxylation is 1. The van der Waals surface area contributed by atoms with Gasteiger partial charge in [-0.05, 0) is 59.5 Å². The van der Waals surface area contributed by atoms with Crippen molar-refractivity contribution < 1.29 is 37.0 Å². The molecule has 3 aromatic carbocycles. The van der Waals surface area contributed by atoms with Crippen molar-refractivity contribution in [2.75, 3.05) is 13.2 Å². The lowest BCUT2D eigenvalue weighted by atomic mass is 9.77. The van der Waals surface area contributed by atoms with E-state index in [0.29, 0.717) is 16.9 Å². The molecule has 0 saturated heterocycles. The lowest BCUT2D eigenvalue weighted by Gasteiger charge is -2.37. The van der Waals surface area contributed by atoms with Crippen LogP contribution in [0.2, 0.25) is 5.02 Å². The molecule has 4 aromatic rings. The highest BCUT2D eigenvalue weighted by atomic mass is 35.5. The number of esters is 1. The van der Waals surface area contributed by atoms with Crippen molar-refractivity contribution in [3.8, 4) is 16.9 Å². The molecule has 0 amide bonds. The van der Waals surface area contributed by atoms with Crippen molar-refractivity contribution >= 4 is 28.7 Å². The smallest absolute Gasteiger partial charge is 0.422 e. The Morgan fingerprint density at radius 3 is 2.36 bits per heavy atom. The first-order valence-corrected chi connectivity index (χ1v) is 12.3. The molecule has 2 unspecified atom stereocenters. The third-order valence-electron chi connectivity index (χ3n) is 6.61. The highest BCUT2D eigenvalue weighted by molar-refractivity contribution is 6.31. The molecular formula is C28H25ClF3NO6. The Labute approximate surface area is 226 Å². The molecule has 7 nitrogen and oxygen atoms in total. The molecule has 0 saturated carbocycles. The van der Waals surface area contributed by atoms with E-state index in [2.05, 4.69) is 0 Å². The van der Waals surface area contributed by atoms with Gasteiger partial charge in [-0.3, -0.25) is 4.57 Å². The summed E-state index contributed by atoms with van der Waals surface area (Å²) in [5, 5.41) is 11.2. The number of hydrogen-bond donors (Lipinski definition) is 1. The SMILES string of the molecule is CCOC(=O)COc1ccc(-c2ccc(C(C)C(O)(c3ccc4oc(=O)n(C)c4c3)C(F)(F)F)c(Cl)c2)cc1. The number of benzene rings is 3. The van der Waals surface area contributed by atoms with Crippen LogP contribution in [0.15, 0.2) is 69.9 Å². The Morgan fingerprint density at radius 1 is 1.08 bits per heavy atom. The molecule has 0 aliphatic rings. The number of hydrogen-bond acceptors (Lipinski definition) is 6. The van der Waals surface area contributed by atoms with Crippen LogP contribution in [0, 0.1) is 0 Å². The van der Waals surface area contributed by atoms with E-state index in [4.69, 9.17) is 25.5 Å². The van der Waals surface area contributed by atoms with Gasteiger partial charge in [0.25, 0.3) is 0 Å². The maximum absolute atomic E-state index is 14.5. The number of oxazole rings is 1. The van der Waals surface area contributed by atoms with E-state index < -0.39 is 35.0 Å². The predicted molar refractivity (Wildman–Crippen MR) is 139 cm³/mol. The number of aliphatic hydroxyl groups is 1. The van der Waals surface area contributed by atoms with Gasteiger partial charge in [0.05, 0.1) is 12.1 Å². The van der Waals surface area contributed by atoms with E-state index in [1.165, 1.54) is 32.2 Å². The van der Waals surface area contributed by atoms with Gasteiger partial charge < -0.3 is 19.0 Å². The summed E-state index contributed by atoms with van der Waals surface area (Å²) in [4.78, 5) is 23.3. The number of nitrogens with zero attached hydrogens (tertiary/aromatic N) is 1. The standard InChI is InChI=1S/C28H25ClF3NO6/c1-4-37-25(34)15-38-20-9-5-17(6-10-20)18-7-11-21(22(29)13-18)16(2)27(36,28(30,31)32)19-8-12-24-23(14-19)33(3)26(35)39-24/h5-14,16,36H,4,15H2,1-3H3. The summed E-state index contributed by atoms with van der Waals surface area (Å²) in [6.45, 7) is 2.94. The average molecular weight is 564 g/mol.